The molecule has 6 heteroatoms. The average molecular weight is 421 g/mol. The third-order valence-corrected chi connectivity index (χ3v) is 7.81. The summed E-state index contributed by atoms with van der Waals surface area (Å²) in [6.45, 7) is 9.39. The van der Waals surface area contributed by atoms with Gasteiger partial charge in [0.25, 0.3) is 0 Å². The molecule has 0 aliphatic heterocycles. The van der Waals surface area contributed by atoms with Crippen molar-refractivity contribution in [2.45, 2.75) is 85.4 Å². The lowest BCUT2D eigenvalue weighted by atomic mass is 9.53. The van der Waals surface area contributed by atoms with E-state index in [9.17, 15) is 14.4 Å². The largest absolute Gasteiger partial charge is 0.463 e. The third-order valence-electron chi connectivity index (χ3n) is 7.81. The molecule has 0 heterocycles. The Labute approximate surface area is 179 Å². The molecule has 0 aromatic carbocycles. The van der Waals surface area contributed by atoms with E-state index in [2.05, 4.69) is 6.92 Å². The van der Waals surface area contributed by atoms with E-state index < -0.39 is 0 Å². The first-order valence-electron chi connectivity index (χ1n) is 11.4. The SMILES string of the molecule is CCOC(=O)/C=C1\CC[C@@H]2[C@@H](C1)[C@H](OC(C)=O)C[C@]1(C)[C@@H](C(C)OC(C)=O)CC[C@@H]21. The summed E-state index contributed by atoms with van der Waals surface area (Å²) in [5.41, 5.74) is 1.07. The molecule has 3 aliphatic rings. The Morgan fingerprint density at radius 2 is 1.87 bits per heavy atom. The van der Waals surface area contributed by atoms with Gasteiger partial charge in [-0.3, -0.25) is 9.59 Å². The molecule has 168 valence electrons. The standard InChI is InChI=1S/C24H36O6/c1-6-28-23(27)12-17-7-8-18-19(11-17)22(30-16(4)26)13-24(5)20(9-10-21(18)24)14(2)29-15(3)25/h12,14,18-22H,6-11,13H2,1-5H3/b17-12+/t14?,18-,19-,20-,21+,22-,24-/m1/s1. The lowest BCUT2D eigenvalue weighted by Crippen LogP contribution is -2.52. The number of carbonyl (C=O) groups is 3. The summed E-state index contributed by atoms with van der Waals surface area (Å²) in [6.07, 6.45) is 6.87. The molecule has 0 spiro atoms. The smallest absolute Gasteiger partial charge is 0.330 e. The number of rotatable bonds is 5. The molecule has 1 unspecified atom stereocenters. The Morgan fingerprint density at radius 1 is 1.13 bits per heavy atom. The van der Waals surface area contributed by atoms with Gasteiger partial charge in [-0.1, -0.05) is 12.5 Å². The molecule has 30 heavy (non-hydrogen) atoms. The lowest BCUT2D eigenvalue weighted by Gasteiger charge is -2.54. The van der Waals surface area contributed by atoms with Crippen LogP contribution in [0.5, 0.6) is 0 Å². The maximum atomic E-state index is 11.9. The highest BCUT2D eigenvalue weighted by Gasteiger charge is 2.59. The van der Waals surface area contributed by atoms with Crippen molar-refractivity contribution in [1.82, 2.24) is 0 Å². The van der Waals surface area contributed by atoms with Gasteiger partial charge in [0.2, 0.25) is 0 Å². The summed E-state index contributed by atoms with van der Waals surface area (Å²) in [6, 6.07) is 0. The number of fused-ring (bicyclic) bond motifs is 3. The van der Waals surface area contributed by atoms with Crippen LogP contribution in [0.2, 0.25) is 0 Å². The van der Waals surface area contributed by atoms with Crippen molar-refractivity contribution in [3.8, 4) is 0 Å². The normalized spacial score (nSPS) is 37.6. The molecular formula is C24H36O6. The fourth-order valence-electron chi connectivity index (χ4n) is 6.85. The number of carbonyl (C=O) groups excluding carboxylic acids is 3. The Hall–Kier alpha value is -1.85. The molecule has 0 aromatic rings. The van der Waals surface area contributed by atoms with Crippen LogP contribution >= 0.6 is 0 Å². The van der Waals surface area contributed by atoms with Gasteiger partial charge in [-0.25, -0.2) is 4.79 Å². The molecule has 6 nitrogen and oxygen atoms in total. The van der Waals surface area contributed by atoms with Crippen LogP contribution in [0.25, 0.3) is 0 Å². The zero-order valence-electron chi connectivity index (χ0n) is 18.9. The van der Waals surface area contributed by atoms with Gasteiger partial charge in [0.05, 0.1) is 6.61 Å². The second-order valence-electron chi connectivity index (χ2n) is 9.59. The van der Waals surface area contributed by atoms with Crippen LogP contribution < -0.4 is 0 Å². The molecule has 0 amide bonds. The molecule has 0 radical (unpaired) electrons. The summed E-state index contributed by atoms with van der Waals surface area (Å²) in [4.78, 5) is 35.4. The number of hydrogen-bond donors (Lipinski definition) is 0. The van der Waals surface area contributed by atoms with Crippen molar-refractivity contribution >= 4 is 17.9 Å². The summed E-state index contributed by atoms with van der Waals surface area (Å²) < 4.78 is 16.5. The number of ether oxygens (including phenoxy) is 3. The van der Waals surface area contributed by atoms with E-state index >= 15 is 0 Å². The van der Waals surface area contributed by atoms with Crippen LogP contribution in [-0.4, -0.2) is 36.7 Å². The van der Waals surface area contributed by atoms with Gasteiger partial charge >= 0.3 is 17.9 Å². The van der Waals surface area contributed by atoms with E-state index in [-0.39, 0.29) is 47.4 Å². The van der Waals surface area contributed by atoms with E-state index in [1.165, 1.54) is 13.8 Å². The number of allylic oxidation sites excluding steroid dienone is 1. The van der Waals surface area contributed by atoms with Crippen LogP contribution in [-0.2, 0) is 28.6 Å². The molecule has 3 fully saturated rings. The van der Waals surface area contributed by atoms with E-state index in [0.29, 0.717) is 18.4 Å². The molecule has 3 saturated carbocycles. The highest BCUT2D eigenvalue weighted by atomic mass is 16.5. The summed E-state index contributed by atoms with van der Waals surface area (Å²) in [5, 5.41) is 0. The predicted octanol–water partition coefficient (Wildman–Crippen LogP) is 4.21. The molecule has 3 rings (SSSR count). The van der Waals surface area contributed by atoms with Crippen molar-refractivity contribution in [3.05, 3.63) is 11.6 Å². The minimum atomic E-state index is -0.285. The Balaban J connectivity index is 1.85. The van der Waals surface area contributed by atoms with Crippen LogP contribution in [0.4, 0.5) is 0 Å². The molecule has 3 aliphatic carbocycles. The van der Waals surface area contributed by atoms with Crippen molar-refractivity contribution in [1.29, 1.82) is 0 Å². The van der Waals surface area contributed by atoms with E-state index in [4.69, 9.17) is 14.2 Å². The minimum Gasteiger partial charge on any atom is -0.463 e. The zero-order chi connectivity index (χ0) is 22.1. The van der Waals surface area contributed by atoms with Gasteiger partial charge in [-0.05, 0) is 69.6 Å². The second kappa shape index (κ2) is 9.11. The predicted molar refractivity (Wildman–Crippen MR) is 111 cm³/mol. The van der Waals surface area contributed by atoms with Gasteiger partial charge < -0.3 is 14.2 Å². The Bertz CT molecular complexity index is 712. The topological polar surface area (TPSA) is 78.9 Å². The minimum absolute atomic E-state index is 0.0293. The number of esters is 3. The number of hydrogen-bond acceptors (Lipinski definition) is 6. The summed E-state index contributed by atoms with van der Waals surface area (Å²) >= 11 is 0. The maximum Gasteiger partial charge on any atom is 0.330 e. The molecule has 0 aromatic heterocycles. The van der Waals surface area contributed by atoms with Crippen LogP contribution in [0.3, 0.4) is 0 Å². The van der Waals surface area contributed by atoms with Crippen molar-refractivity contribution < 1.29 is 28.6 Å². The first-order valence-corrected chi connectivity index (χ1v) is 11.4. The second-order valence-corrected chi connectivity index (χ2v) is 9.59. The summed E-state index contributed by atoms with van der Waals surface area (Å²) in [5.74, 6) is 0.664. The van der Waals surface area contributed by atoms with Gasteiger partial charge in [0.15, 0.2) is 0 Å². The maximum absolute atomic E-state index is 11.9. The van der Waals surface area contributed by atoms with E-state index in [1.807, 2.05) is 6.92 Å². The van der Waals surface area contributed by atoms with Crippen molar-refractivity contribution in [2.75, 3.05) is 6.61 Å². The lowest BCUT2D eigenvalue weighted by molar-refractivity contribution is -0.168. The van der Waals surface area contributed by atoms with Crippen LogP contribution in [0.1, 0.15) is 73.1 Å². The van der Waals surface area contributed by atoms with Gasteiger partial charge in [-0.2, -0.15) is 0 Å². The molecule has 0 bridgehead atoms. The molecular weight excluding hydrogens is 384 g/mol. The first-order chi connectivity index (χ1) is 14.2. The molecule has 0 saturated heterocycles. The fourth-order valence-corrected chi connectivity index (χ4v) is 6.85. The average Bonchev–Trinajstić information content (AvgIpc) is 2.98. The van der Waals surface area contributed by atoms with Crippen molar-refractivity contribution in [3.63, 3.8) is 0 Å². The highest BCUT2D eigenvalue weighted by molar-refractivity contribution is 5.82. The van der Waals surface area contributed by atoms with E-state index in [1.54, 1.807) is 13.0 Å². The highest BCUT2D eigenvalue weighted by Crippen LogP contribution is 2.63. The zero-order valence-corrected chi connectivity index (χ0v) is 18.9. The Kier molecular flexibility index (Phi) is 6.93. The van der Waals surface area contributed by atoms with Crippen molar-refractivity contribution in [2.24, 2.45) is 29.1 Å². The quantitative estimate of drug-likeness (QED) is 0.377. The molecule has 7 atom stereocenters. The van der Waals surface area contributed by atoms with E-state index in [0.717, 1.165) is 44.1 Å². The fraction of sp³-hybridized carbons (Fsp3) is 0.792. The van der Waals surface area contributed by atoms with Gasteiger partial charge in [-0.15, -0.1) is 0 Å². The Morgan fingerprint density at radius 3 is 2.50 bits per heavy atom. The first kappa shape index (κ1) is 22.8. The van der Waals surface area contributed by atoms with Crippen LogP contribution in [0.15, 0.2) is 11.6 Å². The molecule has 0 N–H and O–H groups in total. The van der Waals surface area contributed by atoms with Crippen LogP contribution in [0, 0.1) is 29.1 Å². The van der Waals surface area contributed by atoms with Gasteiger partial charge in [0, 0.05) is 31.8 Å². The summed E-state index contributed by atoms with van der Waals surface area (Å²) in [7, 11) is 0. The monoisotopic (exact) mass is 420 g/mol. The third kappa shape index (κ3) is 4.57. The van der Waals surface area contributed by atoms with Gasteiger partial charge in [0.1, 0.15) is 12.2 Å².